The lowest BCUT2D eigenvalue weighted by molar-refractivity contribution is -0.384. The lowest BCUT2D eigenvalue weighted by Crippen LogP contribution is -2.22. The van der Waals surface area contributed by atoms with E-state index in [2.05, 4.69) is 15.3 Å². The van der Waals surface area contributed by atoms with Crippen LogP contribution in [-0.2, 0) is 9.53 Å². The van der Waals surface area contributed by atoms with Gasteiger partial charge in [0.05, 0.1) is 11.1 Å². The molecule has 1 N–H and O–H groups in total. The fourth-order valence-electron chi connectivity index (χ4n) is 1.75. The summed E-state index contributed by atoms with van der Waals surface area (Å²) in [6.45, 7) is 1.02. The van der Waals surface area contributed by atoms with Crippen LogP contribution in [-0.4, -0.2) is 33.4 Å². The minimum Gasteiger partial charge on any atom is -0.451 e. The summed E-state index contributed by atoms with van der Waals surface area (Å²) in [5.74, 6) is -1.51. The third-order valence-electron chi connectivity index (χ3n) is 2.82. The second-order valence-corrected chi connectivity index (χ2v) is 4.44. The lowest BCUT2D eigenvalue weighted by atomic mass is 10.1. The standard InChI is InChI=1S/C14H12N4O5/c1-9-3-2-4-11(18(21)22)13(9)17-12(19)8-23-14(20)10-7-15-5-6-16-10/h2-7H,8H2,1H3,(H,17,19). The van der Waals surface area contributed by atoms with E-state index >= 15 is 0 Å². The maximum absolute atomic E-state index is 11.8. The molecule has 0 aliphatic rings. The summed E-state index contributed by atoms with van der Waals surface area (Å²) in [6, 6.07) is 4.40. The van der Waals surface area contributed by atoms with Gasteiger partial charge in [-0.3, -0.25) is 19.9 Å². The summed E-state index contributed by atoms with van der Waals surface area (Å²) in [7, 11) is 0. The zero-order valence-corrected chi connectivity index (χ0v) is 12.1. The Morgan fingerprint density at radius 3 is 2.78 bits per heavy atom. The van der Waals surface area contributed by atoms with Gasteiger partial charge in [-0.1, -0.05) is 12.1 Å². The summed E-state index contributed by atoms with van der Waals surface area (Å²) in [4.78, 5) is 41.3. The summed E-state index contributed by atoms with van der Waals surface area (Å²) in [5.41, 5.74) is 0.312. The fourth-order valence-corrected chi connectivity index (χ4v) is 1.75. The molecular weight excluding hydrogens is 304 g/mol. The molecule has 1 amide bonds. The quantitative estimate of drug-likeness (QED) is 0.503. The highest BCUT2D eigenvalue weighted by molar-refractivity contribution is 5.96. The van der Waals surface area contributed by atoms with Gasteiger partial charge in [-0.05, 0) is 12.5 Å². The highest BCUT2D eigenvalue weighted by Gasteiger charge is 2.19. The van der Waals surface area contributed by atoms with Crippen LogP contribution in [0, 0.1) is 17.0 Å². The monoisotopic (exact) mass is 316 g/mol. The largest absolute Gasteiger partial charge is 0.451 e. The number of nitro groups is 1. The van der Waals surface area contributed by atoms with Crippen LogP contribution in [0.4, 0.5) is 11.4 Å². The second kappa shape index (κ2) is 7.07. The molecule has 0 atom stereocenters. The van der Waals surface area contributed by atoms with E-state index in [9.17, 15) is 19.7 Å². The van der Waals surface area contributed by atoms with Gasteiger partial charge in [-0.25, -0.2) is 9.78 Å². The van der Waals surface area contributed by atoms with Crippen molar-refractivity contribution >= 4 is 23.3 Å². The number of anilines is 1. The van der Waals surface area contributed by atoms with Crippen molar-refractivity contribution in [2.75, 3.05) is 11.9 Å². The molecule has 0 aliphatic carbocycles. The third kappa shape index (κ3) is 4.06. The first-order valence-electron chi connectivity index (χ1n) is 6.46. The SMILES string of the molecule is Cc1cccc([N+](=O)[O-])c1NC(=O)COC(=O)c1cnccn1. The summed E-state index contributed by atoms with van der Waals surface area (Å²) >= 11 is 0. The first-order valence-corrected chi connectivity index (χ1v) is 6.46. The molecule has 2 rings (SSSR count). The molecule has 1 aromatic heterocycles. The Morgan fingerprint density at radius 1 is 1.35 bits per heavy atom. The Kier molecular flexibility index (Phi) is 4.92. The fraction of sp³-hybridized carbons (Fsp3) is 0.143. The number of aryl methyl sites for hydroxylation is 1. The Balaban J connectivity index is 2.01. The van der Waals surface area contributed by atoms with Crippen LogP contribution in [0.15, 0.2) is 36.8 Å². The Hall–Kier alpha value is -3.36. The number of carbonyl (C=O) groups is 2. The molecule has 1 aromatic carbocycles. The van der Waals surface area contributed by atoms with Crippen LogP contribution in [0.5, 0.6) is 0 Å². The predicted molar refractivity (Wildman–Crippen MR) is 78.8 cm³/mol. The molecule has 0 aliphatic heterocycles. The first-order chi connectivity index (χ1) is 11.0. The van der Waals surface area contributed by atoms with Crippen LogP contribution in [0.2, 0.25) is 0 Å². The first kappa shape index (κ1) is 16.0. The van der Waals surface area contributed by atoms with Gasteiger partial charge in [0.25, 0.3) is 11.6 Å². The number of nitro benzene ring substituents is 1. The predicted octanol–water partition coefficient (Wildman–Crippen LogP) is 1.49. The molecule has 0 fully saturated rings. The number of benzene rings is 1. The maximum Gasteiger partial charge on any atom is 0.359 e. The van der Waals surface area contributed by atoms with Gasteiger partial charge in [0.1, 0.15) is 5.69 Å². The molecule has 0 radical (unpaired) electrons. The minimum absolute atomic E-state index is 0.0397. The van der Waals surface area contributed by atoms with Gasteiger partial charge in [0.15, 0.2) is 12.3 Å². The molecule has 0 bridgehead atoms. The molecular formula is C14H12N4O5. The Labute approximate surface area is 130 Å². The zero-order chi connectivity index (χ0) is 16.8. The van der Waals surface area contributed by atoms with Crippen LogP contribution < -0.4 is 5.32 Å². The van der Waals surface area contributed by atoms with Gasteiger partial charge >= 0.3 is 5.97 Å². The van der Waals surface area contributed by atoms with E-state index in [1.54, 1.807) is 13.0 Å². The van der Waals surface area contributed by atoms with Gasteiger partial charge < -0.3 is 10.1 Å². The Morgan fingerprint density at radius 2 is 2.13 bits per heavy atom. The molecule has 118 valence electrons. The number of para-hydroxylation sites is 1. The highest BCUT2D eigenvalue weighted by Crippen LogP contribution is 2.27. The van der Waals surface area contributed by atoms with Crippen molar-refractivity contribution in [1.82, 2.24) is 9.97 Å². The molecule has 0 unspecified atom stereocenters. The number of carbonyl (C=O) groups excluding carboxylic acids is 2. The van der Waals surface area contributed by atoms with Crippen molar-refractivity contribution in [2.24, 2.45) is 0 Å². The van der Waals surface area contributed by atoms with E-state index < -0.39 is 23.4 Å². The Bertz CT molecular complexity index is 748. The number of rotatable bonds is 5. The van der Waals surface area contributed by atoms with Crippen molar-refractivity contribution in [2.45, 2.75) is 6.92 Å². The number of amides is 1. The summed E-state index contributed by atoms with van der Waals surface area (Å²) < 4.78 is 4.78. The van der Waals surface area contributed by atoms with E-state index in [-0.39, 0.29) is 17.1 Å². The zero-order valence-electron chi connectivity index (χ0n) is 12.1. The maximum atomic E-state index is 11.8. The van der Waals surface area contributed by atoms with Crippen molar-refractivity contribution in [3.8, 4) is 0 Å². The molecule has 0 saturated heterocycles. The molecule has 23 heavy (non-hydrogen) atoms. The molecule has 0 spiro atoms. The number of aromatic nitrogens is 2. The van der Waals surface area contributed by atoms with Crippen molar-refractivity contribution in [3.05, 3.63) is 58.2 Å². The molecule has 9 heteroatoms. The smallest absolute Gasteiger partial charge is 0.359 e. The average molecular weight is 316 g/mol. The third-order valence-corrected chi connectivity index (χ3v) is 2.82. The van der Waals surface area contributed by atoms with E-state index in [0.717, 1.165) is 0 Å². The van der Waals surface area contributed by atoms with E-state index in [1.807, 2.05) is 0 Å². The van der Waals surface area contributed by atoms with Crippen LogP contribution in [0.1, 0.15) is 16.1 Å². The number of nitrogens with one attached hydrogen (secondary N) is 1. The van der Waals surface area contributed by atoms with E-state index in [4.69, 9.17) is 4.74 Å². The highest BCUT2D eigenvalue weighted by atomic mass is 16.6. The van der Waals surface area contributed by atoms with Gasteiger partial charge in [0.2, 0.25) is 0 Å². The molecule has 0 saturated carbocycles. The van der Waals surface area contributed by atoms with Gasteiger partial charge in [-0.15, -0.1) is 0 Å². The van der Waals surface area contributed by atoms with E-state index in [1.165, 1.54) is 30.7 Å². The normalized spacial score (nSPS) is 9.96. The molecule has 2 aromatic rings. The van der Waals surface area contributed by atoms with Crippen LogP contribution >= 0.6 is 0 Å². The van der Waals surface area contributed by atoms with Gasteiger partial charge in [-0.2, -0.15) is 0 Å². The number of esters is 1. The van der Waals surface area contributed by atoms with E-state index in [0.29, 0.717) is 5.56 Å². The van der Waals surface area contributed by atoms with Crippen molar-refractivity contribution < 1.29 is 19.2 Å². The number of hydrogen-bond donors (Lipinski definition) is 1. The lowest BCUT2D eigenvalue weighted by Gasteiger charge is -2.09. The molecule has 1 heterocycles. The topological polar surface area (TPSA) is 124 Å². The molecule has 9 nitrogen and oxygen atoms in total. The number of ether oxygens (including phenoxy) is 1. The van der Waals surface area contributed by atoms with Gasteiger partial charge in [0, 0.05) is 18.5 Å². The van der Waals surface area contributed by atoms with Crippen LogP contribution in [0.3, 0.4) is 0 Å². The average Bonchev–Trinajstić information content (AvgIpc) is 2.55. The minimum atomic E-state index is -0.812. The number of nitrogens with zero attached hydrogens (tertiary/aromatic N) is 3. The van der Waals surface area contributed by atoms with Crippen molar-refractivity contribution in [3.63, 3.8) is 0 Å². The van der Waals surface area contributed by atoms with Crippen molar-refractivity contribution in [1.29, 1.82) is 0 Å². The summed E-state index contributed by atoms with van der Waals surface area (Å²) in [6.07, 6.45) is 3.90. The van der Waals surface area contributed by atoms with Crippen LogP contribution in [0.25, 0.3) is 0 Å². The second-order valence-electron chi connectivity index (χ2n) is 4.44. The summed E-state index contributed by atoms with van der Waals surface area (Å²) in [5, 5.41) is 13.3. The number of hydrogen-bond acceptors (Lipinski definition) is 7.